The molecule has 21 heavy (non-hydrogen) atoms. The van der Waals surface area contributed by atoms with E-state index in [1.807, 2.05) is 12.1 Å². The van der Waals surface area contributed by atoms with Crippen LogP contribution in [0.15, 0.2) is 22.7 Å². The third kappa shape index (κ3) is 5.03. The Balaban J connectivity index is 1.87. The summed E-state index contributed by atoms with van der Waals surface area (Å²) in [6.07, 6.45) is 8.98. The molecule has 4 heteroatoms. The van der Waals surface area contributed by atoms with E-state index in [0.717, 1.165) is 41.9 Å². The van der Waals surface area contributed by atoms with Crippen molar-refractivity contribution in [1.82, 2.24) is 5.32 Å². The van der Waals surface area contributed by atoms with Gasteiger partial charge in [0.2, 0.25) is 0 Å². The maximum atomic E-state index is 5.59. The lowest BCUT2D eigenvalue weighted by atomic mass is 10.0. The van der Waals surface area contributed by atoms with Crippen LogP contribution in [0.2, 0.25) is 0 Å². The third-order valence-electron chi connectivity index (χ3n) is 3.94. The highest BCUT2D eigenvalue weighted by molar-refractivity contribution is 9.10. The van der Waals surface area contributed by atoms with Crippen LogP contribution in [0.5, 0.6) is 5.75 Å². The van der Waals surface area contributed by atoms with E-state index >= 15 is 0 Å². The fourth-order valence-electron chi connectivity index (χ4n) is 2.42. The van der Waals surface area contributed by atoms with Gasteiger partial charge in [0.25, 0.3) is 0 Å². The van der Waals surface area contributed by atoms with Gasteiger partial charge in [0.15, 0.2) is 0 Å². The lowest BCUT2D eigenvalue weighted by molar-refractivity contribution is 0.171. The lowest BCUT2D eigenvalue weighted by Crippen LogP contribution is -2.25. The molecule has 1 saturated carbocycles. The SMILES string of the molecule is C#CCOc1ccc(Br)cc1CNCC1(CCOC)CC1. The molecule has 1 fully saturated rings. The van der Waals surface area contributed by atoms with E-state index in [1.165, 1.54) is 12.8 Å². The molecule has 1 aromatic rings. The molecule has 0 heterocycles. The number of methoxy groups -OCH3 is 1. The highest BCUT2D eigenvalue weighted by Gasteiger charge is 2.41. The molecule has 2 rings (SSSR count). The second kappa shape index (κ2) is 7.84. The Bertz CT molecular complexity index is 506. The molecular weight excluding hydrogens is 330 g/mol. The smallest absolute Gasteiger partial charge is 0.148 e. The van der Waals surface area contributed by atoms with Crippen LogP contribution in [0.1, 0.15) is 24.8 Å². The van der Waals surface area contributed by atoms with Gasteiger partial charge in [-0.2, -0.15) is 0 Å². The number of nitrogens with one attached hydrogen (secondary N) is 1. The van der Waals surface area contributed by atoms with Crippen LogP contribution in [-0.4, -0.2) is 26.9 Å². The summed E-state index contributed by atoms with van der Waals surface area (Å²) in [6.45, 7) is 2.95. The normalized spacial score (nSPS) is 15.5. The first kappa shape index (κ1) is 16.4. The van der Waals surface area contributed by atoms with Crippen LogP contribution in [-0.2, 0) is 11.3 Å². The Morgan fingerprint density at radius 3 is 2.90 bits per heavy atom. The van der Waals surface area contributed by atoms with Gasteiger partial charge < -0.3 is 14.8 Å². The van der Waals surface area contributed by atoms with Crippen LogP contribution in [0.25, 0.3) is 0 Å². The average Bonchev–Trinajstić information content (AvgIpc) is 3.25. The molecule has 0 radical (unpaired) electrons. The van der Waals surface area contributed by atoms with E-state index in [9.17, 15) is 0 Å². The van der Waals surface area contributed by atoms with E-state index in [2.05, 4.69) is 33.2 Å². The zero-order chi connectivity index (χ0) is 15.1. The molecule has 0 bridgehead atoms. The minimum Gasteiger partial charge on any atom is -0.481 e. The van der Waals surface area contributed by atoms with Gasteiger partial charge in [-0.3, -0.25) is 0 Å². The van der Waals surface area contributed by atoms with Crippen molar-refractivity contribution in [3.05, 3.63) is 28.2 Å². The van der Waals surface area contributed by atoms with Crippen LogP contribution in [0.4, 0.5) is 0 Å². The summed E-state index contributed by atoms with van der Waals surface area (Å²) in [6, 6.07) is 6.00. The van der Waals surface area contributed by atoms with E-state index < -0.39 is 0 Å². The van der Waals surface area contributed by atoms with Crippen LogP contribution in [0.3, 0.4) is 0 Å². The molecule has 1 aromatic carbocycles. The molecule has 0 saturated heterocycles. The van der Waals surface area contributed by atoms with Gasteiger partial charge in [-0.15, -0.1) is 6.42 Å². The molecule has 0 spiro atoms. The number of hydrogen-bond donors (Lipinski definition) is 1. The number of benzene rings is 1. The van der Waals surface area contributed by atoms with Gasteiger partial charge in [0.1, 0.15) is 12.4 Å². The molecule has 1 N–H and O–H groups in total. The van der Waals surface area contributed by atoms with E-state index in [-0.39, 0.29) is 0 Å². The monoisotopic (exact) mass is 351 g/mol. The van der Waals surface area contributed by atoms with Gasteiger partial charge in [-0.05, 0) is 42.9 Å². The van der Waals surface area contributed by atoms with Gasteiger partial charge in [-0.25, -0.2) is 0 Å². The summed E-state index contributed by atoms with van der Waals surface area (Å²) >= 11 is 3.50. The molecule has 0 amide bonds. The Hall–Kier alpha value is -1.02. The zero-order valence-corrected chi connectivity index (χ0v) is 14.0. The van der Waals surface area contributed by atoms with Gasteiger partial charge in [0.05, 0.1) is 0 Å². The largest absolute Gasteiger partial charge is 0.481 e. The summed E-state index contributed by atoms with van der Waals surface area (Å²) in [5, 5.41) is 3.55. The predicted octanol–water partition coefficient (Wildman–Crippen LogP) is 3.37. The summed E-state index contributed by atoms with van der Waals surface area (Å²) < 4.78 is 11.8. The second-order valence-corrected chi connectivity index (χ2v) is 6.51. The first-order valence-electron chi connectivity index (χ1n) is 7.23. The van der Waals surface area contributed by atoms with Crippen LogP contribution in [0, 0.1) is 17.8 Å². The van der Waals surface area contributed by atoms with Crippen molar-refractivity contribution < 1.29 is 9.47 Å². The molecule has 0 aromatic heterocycles. The van der Waals surface area contributed by atoms with Crippen molar-refractivity contribution in [2.45, 2.75) is 25.8 Å². The molecule has 1 aliphatic carbocycles. The second-order valence-electron chi connectivity index (χ2n) is 5.59. The Morgan fingerprint density at radius 1 is 1.43 bits per heavy atom. The first-order chi connectivity index (χ1) is 10.2. The molecule has 0 atom stereocenters. The number of hydrogen-bond acceptors (Lipinski definition) is 3. The average molecular weight is 352 g/mol. The van der Waals surface area contributed by atoms with Crippen LogP contribution >= 0.6 is 15.9 Å². The van der Waals surface area contributed by atoms with E-state index in [4.69, 9.17) is 15.9 Å². The van der Waals surface area contributed by atoms with Gasteiger partial charge in [0, 0.05) is 36.8 Å². The molecule has 0 aliphatic heterocycles. The van der Waals surface area contributed by atoms with E-state index in [1.54, 1.807) is 7.11 Å². The summed E-state index contributed by atoms with van der Waals surface area (Å²) in [5.41, 5.74) is 1.57. The fourth-order valence-corrected chi connectivity index (χ4v) is 2.83. The predicted molar refractivity (Wildman–Crippen MR) is 88.3 cm³/mol. The van der Waals surface area contributed by atoms with Crippen molar-refractivity contribution in [1.29, 1.82) is 0 Å². The minimum absolute atomic E-state index is 0.298. The Labute approximate surface area is 135 Å². The molecule has 114 valence electrons. The topological polar surface area (TPSA) is 30.5 Å². The highest BCUT2D eigenvalue weighted by atomic mass is 79.9. The first-order valence-corrected chi connectivity index (χ1v) is 8.03. The Morgan fingerprint density at radius 2 is 2.24 bits per heavy atom. The van der Waals surface area contributed by atoms with Crippen molar-refractivity contribution in [2.75, 3.05) is 26.9 Å². The Kier molecular flexibility index (Phi) is 6.10. The number of ether oxygens (including phenoxy) is 2. The summed E-state index contributed by atoms with van der Waals surface area (Å²) in [7, 11) is 1.76. The molecule has 0 unspecified atom stereocenters. The fraction of sp³-hybridized carbons (Fsp3) is 0.529. The van der Waals surface area contributed by atoms with Crippen molar-refractivity contribution in [3.63, 3.8) is 0 Å². The van der Waals surface area contributed by atoms with Crippen molar-refractivity contribution in [2.24, 2.45) is 5.41 Å². The van der Waals surface area contributed by atoms with Crippen molar-refractivity contribution in [3.8, 4) is 18.1 Å². The molecule has 1 aliphatic rings. The standard InChI is InChI=1S/C17H22BrNO2/c1-3-9-21-16-5-4-15(18)11-14(16)12-19-13-17(6-7-17)8-10-20-2/h1,4-5,11,19H,6-10,12-13H2,2H3. The van der Waals surface area contributed by atoms with Crippen LogP contribution < -0.4 is 10.1 Å². The minimum atomic E-state index is 0.298. The molecular formula is C17H22BrNO2. The zero-order valence-electron chi connectivity index (χ0n) is 12.5. The van der Waals surface area contributed by atoms with Gasteiger partial charge in [-0.1, -0.05) is 21.9 Å². The van der Waals surface area contributed by atoms with E-state index in [0.29, 0.717) is 12.0 Å². The lowest BCUT2D eigenvalue weighted by Gasteiger charge is -2.17. The number of rotatable bonds is 9. The maximum Gasteiger partial charge on any atom is 0.148 e. The summed E-state index contributed by atoms with van der Waals surface area (Å²) in [4.78, 5) is 0. The number of terminal acetylenes is 1. The van der Waals surface area contributed by atoms with Crippen molar-refractivity contribution >= 4 is 15.9 Å². The maximum absolute atomic E-state index is 5.59. The molecule has 3 nitrogen and oxygen atoms in total. The third-order valence-corrected chi connectivity index (χ3v) is 4.44. The van der Waals surface area contributed by atoms with Gasteiger partial charge >= 0.3 is 0 Å². The quantitative estimate of drug-likeness (QED) is 0.692. The summed E-state index contributed by atoms with van der Waals surface area (Å²) in [5.74, 6) is 3.36. The highest BCUT2D eigenvalue weighted by Crippen LogP contribution is 2.48. The number of halogens is 1.